The number of hydrogen-bond acceptors (Lipinski definition) is 6. The number of aliphatic hydroxyl groups excluding tert-OH is 1. The first-order valence-corrected chi connectivity index (χ1v) is 10.4. The van der Waals surface area contributed by atoms with Crippen LogP contribution in [0.15, 0.2) is 42.7 Å². The molecule has 4 rings (SSSR count). The maximum atomic E-state index is 10.7. The summed E-state index contributed by atoms with van der Waals surface area (Å²) in [6.45, 7) is 1.94. The van der Waals surface area contributed by atoms with Crippen LogP contribution < -0.4 is 9.64 Å². The SMILES string of the molecule is OC(CC1COCCN1c1cncc(OC2CCCCC2)n1)c1ccccc1. The summed E-state index contributed by atoms with van der Waals surface area (Å²) < 4.78 is 11.8. The highest BCUT2D eigenvalue weighted by Gasteiger charge is 2.28. The number of anilines is 1. The molecule has 2 aromatic rings. The van der Waals surface area contributed by atoms with Crippen LogP contribution in [0.4, 0.5) is 5.82 Å². The summed E-state index contributed by atoms with van der Waals surface area (Å²) in [6.07, 6.45) is 9.70. The number of ether oxygens (including phenoxy) is 2. The molecular formula is C22H29N3O3. The highest BCUT2D eigenvalue weighted by Crippen LogP contribution is 2.27. The zero-order chi connectivity index (χ0) is 19.2. The lowest BCUT2D eigenvalue weighted by Gasteiger charge is -2.37. The molecule has 1 N–H and O–H groups in total. The number of nitrogens with zero attached hydrogens (tertiary/aromatic N) is 3. The summed E-state index contributed by atoms with van der Waals surface area (Å²) in [5.74, 6) is 1.39. The molecule has 1 saturated carbocycles. The smallest absolute Gasteiger partial charge is 0.234 e. The van der Waals surface area contributed by atoms with E-state index in [2.05, 4.69) is 9.88 Å². The van der Waals surface area contributed by atoms with Crippen molar-refractivity contribution in [2.45, 2.75) is 56.8 Å². The average molecular weight is 383 g/mol. The minimum atomic E-state index is -0.537. The van der Waals surface area contributed by atoms with Crippen molar-refractivity contribution < 1.29 is 14.6 Å². The van der Waals surface area contributed by atoms with Gasteiger partial charge >= 0.3 is 0 Å². The summed E-state index contributed by atoms with van der Waals surface area (Å²) in [4.78, 5) is 11.3. The molecular weight excluding hydrogens is 354 g/mol. The minimum absolute atomic E-state index is 0.0446. The van der Waals surface area contributed by atoms with E-state index in [1.54, 1.807) is 12.4 Å². The third-order valence-electron chi connectivity index (χ3n) is 5.64. The van der Waals surface area contributed by atoms with Crippen LogP contribution >= 0.6 is 0 Å². The highest BCUT2D eigenvalue weighted by atomic mass is 16.5. The Balaban J connectivity index is 1.45. The lowest BCUT2D eigenvalue weighted by Crippen LogP contribution is -2.46. The first kappa shape index (κ1) is 19.2. The second-order valence-corrected chi connectivity index (χ2v) is 7.68. The van der Waals surface area contributed by atoms with Crippen molar-refractivity contribution in [1.29, 1.82) is 0 Å². The summed E-state index contributed by atoms with van der Waals surface area (Å²) in [5.41, 5.74) is 0.925. The second-order valence-electron chi connectivity index (χ2n) is 7.68. The Morgan fingerprint density at radius 2 is 1.96 bits per heavy atom. The van der Waals surface area contributed by atoms with Gasteiger partial charge in [0.25, 0.3) is 0 Å². The van der Waals surface area contributed by atoms with E-state index in [1.807, 2.05) is 30.3 Å². The summed E-state index contributed by atoms with van der Waals surface area (Å²) in [6, 6.07) is 9.81. The molecule has 150 valence electrons. The van der Waals surface area contributed by atoms with E-state index < -0.39 is 6.10 Å². The monoisotopic (exact) mass is 383 g/mol. The Labute approximate surface area is 166 Å². The molecule has 2 unspecified atom stereocenters. The van der Waals surface area contributed by atoms with Gasteiger partial charge in [-0.3, -0.25) is 4.98 Å². The topological polar surface area (TPSA) is 67.7 Å². The molecule has 1 aliphatic heterocycles. The molecule has 1 aliphatic carbocycles. The molecule has 1 aromatic carbocycles. The third-order valence-corrected chi connectivity index (χ3v) is 5.64. The molecule has 6 heteroatoms. The zero-order valence-electron chi connectivity index (χ0n) is 16.2. The van der Waals surface area contributed by atoms with Gasteiger partial charge in [-0.1, -0.05) is 36.8 Å². The van der Waals surface area contributed by atoms with Crippen LogP contribution in [-0.2, 0) is 4.74 Å². The zero-order valence-corrected chi connectivity index (χ0v) is 16.2. The lowest BCUT2D eigenvalue weighted by molar-refractivity contribution is 0.0674. The second kappa shape index (κ2) is 9.34. The molecule has 1 saturated heterocycles. The summed E-state index contributed by atoms with van der Waals surface area (Å²) in [7, 11) is 0. The van der Waals surface area contributed by atoms with Crippen molar-refractivity contribution >= 4 is 5.82 Å². The predicted molar refractivity (Wildman–Crippen MR) is 108 cm³/mol. The van der Waals surface area contributed by atoms with Gasteiger partial charge in [0.15, 0.2) is 5.82 Å². The van der Waals surface area contributed by atoms with E-state index in [4.69, 9.17) is 14.5 Å². The fourth-order valence-electron chi connectivity index (χ4n) is 4.11. The fourth-order valence-corrected chi connectivity index (χ4v) is 4.11. The van der Waals surface area contributed by atoms with Gasteiger partial charge in [0.05, 0.1) is 37.8 Å². The van der Waals surface area contributed by atoms with E-state index in [1.165, 1.54) is 19.3 Å². The van der Waals surface area contributed by atoms with E-state index in [-0.39, 0.29) is 12.1 Å². The fraction of sp³-hybridized carbons (Fsp3) is 0.545. The maximum absolute atomic E-state index is 10.7. The van der Waals surface area contributed by atoms with Gasteiger partial charge in [-0.25, -0.2) is 0 Å². The Morgan fingerprint density at radius 3 is 2.79 bits per heavy atom. The molecule has 0 radical (unpaired) electrons. The normalized spacial score (nSPS) is 22.0. The van der Waals surface area contributed by atoms with Crippen molar-refractivity contribution in [3.05, 3.63) is 48.3 Å². The van der Waals surface area contributed by atoms with Crippen LogP contribution in [0.25, 0.3) is 0 Å². The number of aliphatic hydroxyl groups is 1. The van der Waals surface area contributed by atoms with Crippen LogP contribution in [0.3, 0.4) is 0 Å². The highest BCUT2D eigenvalue weighted by molar-refractivity contribution is 5.40. The number of benzene rings is 1. The molecule has 2 fully saturated rings. The lowest BCUT2D eigenvalue weighted by atomic mass is 9.98. The standard InChI is InChI=1S/C22H29N3O3/c26-20(17-7-3-1-4-8-17)13-18-16-27-12-11-25(18)21-14-23-15-22(24-21)28-19-9-5-2-6-10-19/h1,3-4,7-8,14-15,18-20,26H,2,5-6,9-13,16H2. The van der Waals surface area contributed by atoms with Gasteiger partial charge in [0.2, 0.25) is 5.88 Å². The van der Waals surface area contributed by atoms with Crippen LogP contribution in [0, 0.1) is 0 Å². The summed E-state index contributed by atoms with van der Waals surface area (Å²) in [5, 5.41) is 10.7. The molecule has 6 nitrogen and oxygen atoms in total. The van der Waals surface area contributed by atoms with Crippen molar-refractivity contribution in [2.75, 3.05) is 24.7 Å². The predicted octanol–water partition coefficient (Wildman–Crippen LogP) is 3.52. The van der Waals surface area contributed by atoms with E-state index in [0.29, 0.717) is 25.5 Å². The average Bonchev–Trinajstić information content (AvgIpc) is 2.76. The maximum Gasteiger partial charge on any atom is 0.234 e. The Morgan fingerprint density at radius 1 is 1.14 bits per heavy atom. The minimum Gasteiger partial charge on any atom is -0.473 e. The Hall–Kier alpha value is -2.18. The van der Waals surface area contributed by atoms with E-state index >= 15 is 0 Å². The Kier molecular flexibility index (Phi) is 6.39. The number of morpholine rings is 1. The van der Waals surface area contributed by atoms with Gasteiger partial charge in [-0.05, 0) is 31.2 Å². The molecule has 2 aliphatic rings. The van der Waals surface area contributed by atoms with Gasteiger partial charge in [-0.2, -0.15) is 4.98 Å². The first-order chi connectivity index (χ1) is 13.8. The van der Waals surface area contributed by atoms with Crippen molar-refractivity contribution in [3.63, 3.8) is 0 Å². The number of rotatable bonds is 6. The number of aromatic nitrogens is 2. The molecule has 0 bridgehead atoms. The van der Waals surface area contributed by atoms with Gasteiger partial charge in [0.1, 0.15) is 6.10 Å². The molecule has 0 spiro atoms. The van der Waals surface area contributed by atoms with Crippen molar-refractivity contribution in [1.82, 2.24) is 9.97 Å². The molecule has 2 atom stereocenters. The molecule has 28 heavy (non-hydrogen) atoms. The molecule has 1 aromatic heterocycles. The molecule has 2 heterocycles. The van der Waals surface area contributed by atoms with Crippen molar-refractivity contribution in [2.24, 2.45) is 0 Å². The third kappa shape index (κ3) is 4.80. The number of hydrogen-bond donors (Lipinski definition) is 1. The van der Waals surface area contributed by atoms with Crippen molar-refractivity contribution in [3.8, 4) is 5.88 Å². The largest absolute Gasteiger partial charge is 0.473 e. The first-order valence-electron chi connectivity index (χ1n) is 10.4. The van der Waals surface area contributed by atoms with Gasteiger partial charge in [0, 0.05) is 13.0 Å². The van der Waals surface area contributed by atoms with Crippen LogP contribution in [0.5, 0.6) is 5.88 Å². The summed E-state index contributed by atoms with van der Waals surface area (Å²) >= 11 is 0. The van der Waals surface area contributed by atoms with Gasteiger partial charge in [-0.15, -0.1) is 0 Å². The van der Waals surface area contributed by atoms with Crippen LogP contribution in [0.1, 0.15) is 50.2 Å². The van der Waals surface area contributed by atoms with E-state index in [0.717, 1.165) is 30.8 Å². The Bertz CT molecular complexity index is 737. The van der Waals surface area contributed by atoms with Crippen LogP contribution in [0.2, 0.25) is 0 Å². The quantitative estimate of drug-likeness (QED) is 0.823. The van der Waals surface area contributed by atoms with E-state index in [9.17, 15) is 5.11 Å². The molecule has 0 amide bonds. The van der Waals surface area contributed by atoms with Gasteiger partial charge < -0.3 is 19.5 Å². The van der Waals surface area contributed by atoms with Crippen LogP contribution in [-0.4, -0.2) is 47.0 Å².